The maximum atomic E-state index is 11.2. The minimum atomic E-state index is -4.51. The van der Waals surface area contributed by atoms with Crippen molar-refractivity contribution in [1.82, 2.24) is 0 Å². The fourth-order valence-corrected chi connectivity index (χ4v) is 2.81. The molecule has 5 heteroatoms. The zero-order valence-corrected chi connectivity index (χ0v) is 17.5. The molecule has 1 atom stereocenters. The Morgan fingerprint density at radius 2 is 1.36 bits per heavy atom. The average Bonchev–Trinajstić information content (AvgIpc) is 2.42. The van der Waals surface area contributed by atoms with Gasteiger partial charge in [-0.2, -0.15) is 0 Å². The Balaban J connectivity index is 4.84. The van der Waals surface area contributed by atoms with Crippen LogP contribution in [-0.4, -0.2) is 15.9 Å². The Bertz CT molecular complexity index is 556. The molecule has 0 aromatic carbocycles. The molecule has 25 heavy (non-hydrogen) atoms. The fraction of sp³-hybridized carbons (Fsp3) is 0.600. The standard InChI is InChI=1S/C20H35O4P/c1-16(2)9-7-11-18(5)13-14-20(24-25(21,22)23)15-19(6)12-8-10-17(3)4/h9-10,13,15,20H,7-8,11-12,14H2,1-6H3,(H2,21,22,23)/b18-13+,19-15+. The largest absolute Gasteiger partial charge is 0.470 e. The third kappa shape index (κ3) is 16.3. The number of phosphoric acid groups is 1. The zero-order chi connectivity index (χ0) is 19.5. The van der Waals surface area contributed by atoms with Crippen molar-refractivity contribution in [3.05, 3.63) is 46.6 Å². The van der Waals surface area contributed by atoms with Gasteiger partial charge in [0.1, 0.15) is 0 Å². The lowest BCUT2D eigenvalue weighted by Gasteiger charge is -2.15. The van der Waals surface area contributed by atoms with Gasteiger partial charge in [-0.15, -0.1) is 0 Å². The van der Waals surface area contributed by atoms with Crippen LogP contribution in [0.5, 0.6) is 0 Å². The molecule has 2 N–H and O–H groups in total. The minimum Gasteiger partial charge on any atom is -0.303 e. The third-order valence-electron chi connectivity index (χ3n) is 3.62. The Kier molecular flexibility index (Phi) is 12.0. The molecule has 0 aliphatic rings. The Morgan fingerprint density at radius 1 is 0.880 bits per heavy atom. The van der Waals surface area contributed by atoms with Gasteiger partial charge in [-0.25, -0.2) is 4.57 Å². The number of hydrogen-bond donors (Lipinski definition) is 2. The van der Waals surface area contributed by atoms with Crippen molar-refractivity contribution in [3.8, 4) is 0 Å². The predicted octanol–water partition coefficient (Wildman–Crippen LogP) is 6.24. The first-order valence-electron chi connectivity index (χ1n) is 8.83. The molecule has 144 valence electrons. The van der Waals surface area contributed by atoms with Crippen molar-refractivity contribution in [2.24, 2.45) is 0 Å². The molecule has 0 saturated heterocycles. The molecule has 0 amide bonds. The number of allylic oxidation sites excluding steroid dienone is 6. The van der Waals surface area contributed by atoms with Crippen LogP contribution in [-0.2, 0) is 9.09 Å². The molecule has 0 fully saturated rings. The molecule has 4 nitrogen and oxygen atoms in total. The van der Waals surface area contributed by atoms with E-state index in [4.69, 9.17) is 14.3 Å². The van der Waals surface area contributed by atoms with Crippen molar-refractivity contribution < 1.29 is 18.9 Å². The highest BCUT2D eigenvalue weighted by molar-refractivity contribution is 7.46. The summed E-state index contributed by atoms with van der Waals surface area (Å²) >= 11 is 0. The molecule has 0 aliphatic carbocycles. The van der Waals surface area contributed by atoms with Crippen molar-refractivity contribution >= 4 is 7.82 Å². The van der Waals surface area contributed by atoms with Gasteiger partial charge in [-0.05, 0) is 73.6 Å². The first-order valence-corrected chi connectivity index (χ1v) is 10.4. The molecule has 0 heterocycles. The van der Waals surface area contributed by atoms with Crippen LogP contribution in [0.25, 0.3) is 0 Å². The predicted molar refractivity (Wildman–Crippen MR) is 106 cm³/mol. The van der Waals surface area contributed by atoms with Gasteiger partial charge in [0.15, 0.2) is 0 Å². The van der Waals surface area contributed by atoms with E-state index in [2.05, 4.69) is 39.8 Å². The summed E-state index contributed by atoms with van der Waals surface area (Å²) < 4.78 is 16.2. The van der Waals surface area contributed by atoms with Crippen LogP contribution < -0.4 is 0 Å². The van der Waals surface area contributed by atoms with Crippen molar-refractivity contribution in [1.29, 1.82) is 0 Å². The highest BCUT2D eigenvalue weighted by atomic mass is 31.2. The number of phosphoric ester groups is 1. The smallest absolute Gasteiger partial charge is 0.303 e. The van der Waals surface area contributed by atoms with Gasteiger partial charge >= 0.3 is 7.82 Å². The van der Waals surface area contributed by atoms with E-state index in [0.29, 0.717) is 6.42 Å². The van der Waals surface area contributed by atoms with Crippen LogP contribution >= 0.6 is 7.82 Å². The molecule has 0 saturated carbocycles. The van der Waals surface area contributed by atoms with Crippen LogP contribution in [0.1, 0.15) is 73.6 Å². The lowest BCUT2D eigenvalue weighted by atomic mass is 10.0. The molecule has 0 radical (unpaired) electrons. The Morgan fingerprint density at radius 3 is 1.80 bits per heavy atom. The van der Waals surface area contributed by atoms with Gasteiger partial charge in [-0.3, -0.25) is 4.52 Å². The summed E-state index contributed by atoms with van der Waals surface area (Å²) in [5.74, 6) is 0. The Hall–Kier alpha value is -0.930. The maximum Gasteiger partial charge on any atom is 0.470 e. The lowest BCUT2D eigenvalue weighted by Crippen LogP contribution is -2.08. The average molecular weight is 370 g/mol. The van der Waals surface area contributed by atoms with Crippen LogP contribution in [0.3, 0.4) is 0 Å². The normalized spacial score (nSPS) is 14.2. The van der Waals surface area contributed by atoms with Crippen molar-refractivity contribution in [2.75, 3.05) is 0 Å². The summed E-state index contributed by atoms with van der Waals surface area (Å²) in [5, 5.41) is 0. The van der Waals surface area contributed by atoms with Crippen LogP contribution in [0.2, 0.25) is 0 Å². The van der Waals surface area contributed by atoms with Gasteiger partial charge in [0.25, 0.3) is 0 Å². The van der Waals surface area contributed by atoms with E-state index in [0.717, 1.165) is 31.3 Å². The second kappa shape index (κ2) is 12.4. The monoisotopic (exact) mass is 370 g/mol. The zero-order valence-electron chi connectivity index (χ0n) is 16.6. The SMILES string of the molecule is CC(C)=CCC/C(C)=C/CC(/C=C(\C)CCC=C(C)C)OP(=O)(O)O. The molecule has 1 unspecified atom stereocenters. The highest BCUT2D eigenvalue weighted by Crippen LogP contribution is 2.39. The highest BCUT2D eigenvalue weighted by Gasteiger charge is 2.20. The van der Waals surface area contributed by atoms with E-state index >= 15 is 0 Å². The molecular weight excluding hydrogens is 335 g/mol. The van der Waals surface area contributed by atoms with Gasteiger partial charge in [0.05, 0.1) is 6.10 Å². The summed E-state index contributed by atoms with van der Waals surface area (Å²) in [5.41, 5.74) is 4.84. The summed E-state index contributed by atoms with van der Waals surface area (Å²) in [6.45, 7) is 12.3. The van der Waals surface area contributed by atoms with E-state index in [9.17, 15) is 4.57 Å². The van der Waals surface area contributed by atoms with E-state index in [1.54, 1.807) is 0 Å². The van der Waals surface area contributed by atoms with Crippen molar-refractivity contribution in [3.63, 3.8) is 0 Å². The number of hydrogen-bond acceptors (Lipinski definition) is 2. The molecular formula is C20H35O4P. The summed E-state index contributed by atoms with van der Waals surface area (Å²) in [6, 6.07) is 0. The van der Waals surface area contributed by atoms with E-state index < -0.39 is 13.9 Å². The summed E-state index contributed by atoms with van der Waals surface area (Å²) in [7, 11) is -4.51. The fourth-order valence-electron chi connectivity index (χ4n) is 2.31. The van der Waals surface area contributed by atoms with Crippen LogP contribution in [0.15, 0.2) is 46.6 Å². The molecule has 0 rings (SSSR count). The lowest BCUT2D eigenvalue weighted by molar-refractivity contribution is 0.162. The molecule has 0 aromatic rings. The molecule has 0 spiro atoms. The van der Waals surface area contributed by atoms with Gasteiger partial charge in [-0.1, -0.05) is 46.6 Å². The molecule has 0 aromatic heterocycles. The first-order chi connectivity index (χ1) is 11.5. The quantitative estimate of drug-likeness (QED) is 0.334. The van der Waals surface area contributed by atoms with Gasteiger partial charge in [0, 0.05) is 0 Å². The van der Waals surface area contributed by atoms with Crippen LogP contribution in [0.4, 0.5) is 0 Å². The van der Waals surface area contributed by atoms with Crippen LogP contribution in [0, 0.1) is 0 Å². The third-order valence-corrected chi connectivity index (χ3v) is 4.17. The topological polar surface area (TPSA) is 66.8 Å². The van der Waals surface area contributed by atoms with Gasteiger partial charge in [0.2, 0.25) is 0 Å². The molecule has 0 bridgehead atoms. The first kappa shape index (κ1) is 24.1. The van der Waals surface area contributed by atoms with Gasteiger partial charge < -0.3 is 9.79 Å². The van der Waals surface area contributed by atoms with E-state index in [-0.39, 0.29) is 0 Å². The Labute approximate surface area is 153 Å². The number of rotatable bonds is 11. The van der Waals surface area contributed by atoms with E-state index in [1.807, 2.05) is 26.0 Å². The summed E-state index contributed by atoms with van der Waals surface area (Å²) in [6.07, 6.45) is 11.7. The van der Waals surface area contributed by atoms with E-state index in [1.165, 1.54) is 16.7 Å². The van der Waals surface area contributed by atoms with Crippen molar-refractivity contribution in [2.45, 2.75) is 79.8 Å². The second-order valence-corrected chi connectivity index (χ2v) is 8.27. The second-order valence-electron chi connectivity index (χ2n) is 7.07. The maximum absolute atomic E-state index is 11.2. The summed E-state index contributed by atoms with van der Waals surface area (Å²) in [4.78, 5) is 18.3. The molecule has 0 aliphatic heterocycles. The minimum absolute atomic E-state index is 0.464.